The first kappa shape index (κ1) is 19.5. The van der Waals surface area contributed by atoms with Gasteiger partial charge in [-0.05, 0) is 31.2 Å². The SMILES string of the molecule is CC(=O)NCCCc1ccc(-c2csc(NC(=O)C3CCCCC3)n2)cc1. The molecule has 1 aromatic carbocycles. The summed E-state index contributed by atoms with van der Waals surface area (Å²) in [5, 5.41) is 8.47. The van der Waals surface area contributed by atoms with Gasteiger partial charge in [0.05, 0.1) is 5.69 Å². The number of carbonyl (C=O) groups is 2. The van der Waals surface area contributed by atoms with Gasteiger partial charge in [-0.2, -0.15) is 0 Å². The summed E-state index contributed by atoms with van der Waals surface area (Å²) < 4.78 is 0. The van der Waals surface area contributed by atoms with Crippen LogP contribution in [0.3, 0.4) is 0 Å². The van der Waals surface area contributed by atoms with Crippen LogP contribution in [0.1, 0.15) is 51.0 Å². The van der Waals surface area contributed by atoms with Crippen LogP contribution in [-0.2, 0) is 16.0 Å². The molecular weight excluding hydrogens is 358 g/mol. The number of aromatic nitrogens is 1. The van der Waals surface area contributed by atoms with Crippen molar-refractivity contribution in [2.45, 2.75) is 51.9 Å². The van der Waals surface area contributed by atoms with E-state index in [9.17, 15) is 9.59 Å². The second-order valence-corrected chi connectivity index (χ2v) is 8.00. The molecule has 1 aliphatic rings. The van der Waals surface area contributed by atoms with Gasteiger partial charge in [0.1, 0.15) is 0 Å². The number of benzene rings is 1. The van der Waals surface area contributed by atoms with Gasteiger partial charge in [-0.15, -0.1) is 11.3 Å². The van der Waals surface area contributed by atoms with E-state index in [1.165, 1.54) is 30.2 Å². The second-order valence-electron chi connectivity index (χ2n) is 7.15. The van der Waals surface area contributed by atoms with E-state index in [0.29, 0.717) is 11.7 Å². The fourth-order valence-electron chi connectivity index (χ4n) is 3.44. The Morgan fingerprint density at radius 3 is 2.59 bits per heavy atom. The summed E-state index contributed by atoms with van der Waals surface area (Å²) in [7, 11) is 0. The minimum absolute atomic E-state index is 0.0141. The summed E-state index contributed by atoms with van der Waals surface area (Å²) >= 11 is 1.48. The van der Waals surface area contributed by atoms with E-state index in [1.54, 1.807) is 0 Å². The zero-order chi connectivity index (χ0) is 19.1. The lowest BCUT2D eigenvalue weighted by Gasteiger charge is -2.19. The van der Waals surface area contributed by atoms with Gasteiger partial charge < -0.3 is 10.6 Å². The third-order valence-corrected chi connectivity index (χ3v) is 5.73. The smallest absolute Gasteiger partial charge is 0.229 e. The highest BCUT2D eigenvalue weighted by molar-refractivity contribution is 7.14. The third kappa shape index (κ3) is 5.89. The lowest BCUT2D eigenvalue weighted by atomic mass is 9.89. The molecule has 27 heavy (non-hydrogen) atoms. The van der Waals surface area contributed by atoms with Crippen LogP contribution in [0.15, 0.2) is 29.6 Å². The Kier molecular flexibility index (Phi) is 6.98. The van der Waals surface area contributed by atoms with Crippen molar-refractivity contribution in [2.24, 2.45) is 5.92 Å². The number of hydrogen-bond donors (Lipinski definition) is 2. The number of hydrogen-bond acceptors (Lipinski definition) is 4. The minimum atomic E-state index is 0.0141. The van der Waals surface area contributed by atoms with Crippen molar-refractivity contribution in [3.63, 3.8) is 0 Å². The number of nitrogens with zero attached hydrogens (tertiary/aromatic N) is 1. The Morgan fingerprint density at radius 2 is 1.89 bits per heavy atom. The van der Waals surface area contributed by atoms with Crippen LogP contribution in [-0.4, -0.2) is 23.3 Å². The summed E-state index contributed by atoms with van der Waals surface area (Å²) in [6.07, 6.45) is 7.39. The first-order chi connectivity index (χ1) is 13.1. The molecule has 6 heteroatoms. The molecule has 0 aliphatic heterocycles. The monoisotopic (exact) mass is 385 g/mol. The van der Waals surface area contributed by atoms with Crippen molar-refractivity contribution in [1.29, 1.82) is 0 Å². The first-order valence-corrected chi connectivity index (χ1v) is 10.6. The van der Waals surface area contributed by atoms with Gasteiger partial charge in [0.2, 0.25) is 11.8 Å². The van der Waals surface area contributed by atoms with E-state index in [1.807, 2.05) is 5.38 Å². The molecule has 0 bridgehead atoms. The number of amides is 2. The number of rotatable bonds is 7. The molecule has 0 atom stereocenters. The maximum Gasteiger partial charge on any atom is 0.229 e. The molecule has 1 saturated carbocycles. The highest BCUT2D eigenvalue weighted by Crippen LogP contribution is 2.28. The van der Waals surface area contributed by atoms with Crippen molar-refractivity contribution in [3.8, 4) is 11.3 Å². The van der Waals surface area contributed by atoms with Gasteiger partial charge >= 0.3 is 0 Å². The summed E-state index contributed by atoms with van der Waals surface area (Å²) in [6.45, 7) is 2.24. The summed E-state index contributed by atoms with van der Waals surface area (Å²) in [5.74, 6) is 0.272. The van der Waals surface area contributed by atoms with Gasteiger partial charge in [0, 0.05) is 30.3 Å². The molecule has 3 rings (SSSR count). The molecule has 0 saturated heterocycles. The van der Waals surface area contributed by atoms with Crippen LogP contribution in [0.2, 0.25) is 0 Å². The Hall–Kier alpha value is -2.21. The van der Waals surface area contributed by atoms with Crippen LogP contribution in [0.4, 0.5) is 5.13 Å². The molecule has 0 spiro atoms. The molecule has 2 N–H and O–H groups in total. The van der Waals surface area contributed by atoms with Crippen molar-refractivity contribution < 1.29 is 9.59 Å². The van der Waals surface area contributed by atoms with E-state index in [4.69, 9.17) is 0 Å². The average molecular weight is 386 g/mol. The molecular formula is C21H27N3O2S. The fourth-order valence-corrected chi connectivity index (χ4v) is 4.16. The van der Waals surface area contributed by atoms with Crippen molar-refractivity contribution in [1.82, 2.24) is 10.3 Å². The van der Waals surface area contributed by atoms with Crippen LogP contribution in [0.5, 0.6) is 0 Å². The maximum atomic E-state index is 12.4. The van der Waals surface area contributed by atoms with Crippen molar-refractivity contribution in [2.75, 3.05) is 11.9 Å². The zero-order valence-corrected chi connectivity index (χ0v) is 16.6. The minimum Gasteiger partial charge on any atom is -0.356 e. The lowest BCUT2D eigenvalue weighted by molar-refractivity contribution is -0.121. The predicted octanol–water partition coefficient (Wildman–Crippen LogP) is 4.40. The Labute approximate surface area is 164 Å². The molecule has 2 amide bonds. The second kappa shape index (κ2) is 9.65. The number of nitrogens with one attached hydrogen (secondary N) is 2. The standard InChI is InChI=1S/C21H27N3O2S/c1-15(25)22-13-5-6-16-9-11-17(12-10-16)19-14-27-21(23-19)24-20(26)18-7-3-2-4-8-18/h9-12,14,18H,2-8,13H2,1H3,(H,22,25)(H,23,24,26). The van der Waals surface area contributed by atoms with Crippen LogP contribution < -0.4 is 10.6 Å². The Morgan fingerprint density at radius 1 is 1.15 bits per heavy atom. The summed E-state index contributed by atoms with van der Waals surface area (Å²) in [6, 6.07) is 8.33. The maximum absolute atomic E-state index is 12.4. The van der Waals surface area contributed by atoms with Gasteiger partial charge in [0.15, 0.2) is 5.13 Å². The van der Waals surface area contributed by atoms with Gasteiger partial charge in [-0.1, -0.05) is 43.5 Å². The molecule has 1 aromatic heterocycles. The predicted molar refractivity (Wildman–Crippen MR) is 110 cm³/mol. The number of carbonyl (C=O) groups excluding carboxylic acids is 2. The van der Waals surface area contributed by atoms with Crippen LogP contribution >= 0.6 is 11.3 Å². The molecule has 1 fully saturated rings. The quantitative estimate of drug-likeness (QED) is 0.694. The van der Waals surface area contributed by atoms with Gasteiger partial charge in [-0.25, -0.2) is 4.98 Å². The zero-order valence-electron chi connectivity index (χ0n) is 15.8. The third-order valence-electron chi connectivity index (χ3n) is 4.98. The van der Waals surface area contributed by atoms with Crippen LogP contribution in [0, 0.1) is 5.92 Å². The van der Waals surface area contributed by atoms with E-state index < -0.39 is 0 Å². The molecule has 144 valence electrons. The summed E-state index contributed by atoms with van der Waals surface area (Å²) in [4.78, 5) is 27.8. The largest absolute Gasteiger partial charge is 0.356 e. The lowest BCUT2D eigenvalue weighted by Crippen LogP contribution is -2.24. The van der Waals surface area contributed by atoms with E-state index in [-0.39, 0.29) is 17.7 Å². The average Bonchev–Trinajstić information content (AvgIpc) is 3.15. The highest BCUT2D eigenvalue weighted by atomic mass is 32.1. The number of aryl methyl sites for hydroxylation is 1. The van der Waals surface area contributed by atoms with Crippen LogP contribution in [0.25, 0.3) is 11.3 Å². The normalized spacial score (nSPS) is 14.7. The molecule has 2 aromatic rings. The first-order valence-electron chi connectivity index (χ1n) is 9.72. The fraction of sp³-hybridized carbons (Fsp3) is 0.476. The van der Waals surface area contributed by atoms with Gasteiger partial charge in [0.25, 0.3) is 0 Å². The van der Waals surface area contributed by atoms with E-state index >= 15 is 0 Å². The topological polar surface area (TPSA) is 71.1 Å². The van der Waals surface area contributed by atoms with E-state index in [2.05, 4.69) is 39.9 Å². The van der Waals surface area contributed by atoms with Crippen molar-refractivity contribution >= 4 is 28.3 Å². The van der Waals surface area contributed by atoms with Crippen molar-refractivity contribution in [3.05, 3.63) is 35.2 Å². The van der Waals surface area contributed by atoms with E-state index in [0.717, 1.165) is 49.8 Å². The molecule has 0 radical (unpaired) electrons. The molecule has 5 nitrogen and oxygen atoms in total. The summed E-state index contributed by atoms with van der Waals surface area (Å²) in [5.41, 5.74) is 3.18. The number of thiazole rings is 1. The van der Waals surface area contributed by atoms with Gasteiger partial charge in [-0.3, -0.25) is 9.59 Å². The Balaban J connectivity index is 1.52. The highest BCUT2D eigenvalue weighted by Gasteiger charge is 2.21. The molecule has 1 heterocycles. The Bertz CT molecular complexity index is 764. The number of anilines is 1. The molecule has 0 unspecified atom stereocenters. The molecule has 1 aliphatic carbocycles.